The molecule has 0 fully saturated rings. The number of nitrogens with zero attached hydrogens (tertiary/aromatic N) is 1. The van der Waals surface area contributed by atoms with Crippen molar-refractivity contribution in [2.75, 3.05) is 13.7 Å². The second kappa shape index (κ2) is 3.92. The van der Waals surface area contributed by atoms with Crippen molar-refractivity contribution in [3.8, 4) is 5.75 Å². The van der Waals surface area contributed by atoms with Crippen LogP contribution in [0, 0.1) is 0 Å². The van der Waals surface area contributed by atoms with Crippen LogP contribution in [-0.4, -0.2) is 23.4 Å². The Kier molecular flexibility index (Phi) is 2.88. The molecular formula is C8H11NO3. The minimum Gasteiger partial charge on any atom is -0.497 e. The minimum absolute atomic E-state index is 0.0355. The van der Waals surface area contributed by atoms with E-state index >= 15 is 0 Å². The van der Waals surface area contributed by atoms with Crippen molar-refractivity contribution in [3.63, 3.8) is 0 Å². The van der Waals surface area contributed by atoms with E-state index in [1.165, 1.54) is 17.7 Å². The van der Waals surface area contributed by atoms with Gasteiger partial charge in [-0.3, -0.25) is 4.79 Å². The lowest BCUT2D eigenvalue weighted by Crippen LogP contribution is -2.19. The molecule has 1 heterocycles. The largest absolute Gasteiger partial charge is 0.497 e. The standard InChI is InChI=1S/C8H11NO3/c1-12-7-2-3-9(4-5-10)8(11)6-7/h2-3,6,10H,4-5H2,1H3. The molecule has 0 aliphatic carbocycles. The molecule has 66 valence electrons. The fraction of sp³-hybridized carbons (Fsp3) is 0.375. The first kappa shape index (κ1) is 8.80. The van der Waals surface area contributed by atoms with Crippen LogP contribution in [0.15, 0.2) is 23.1 Å². The Morgan fingerprint density at radius 3 is 2.92 bits per heavy atom. The summed E-state index contributed by atoms with van der Waals surface area (Å²) in [5.41, 5.74) is -0.164. The van der Waals surface area contributed by atoms with E-state index < -0.39 is 0 Å². The van der Waals surface area contributed by atoms with Gasteiger partial charge in [-0.15, -0.1) is 0 Å². The zero-order chi connectivity index (χ0) is 8.97. The first-order valence-corrected chi connectivity index (χ1v) is 3.63. The number of pyridine rings is 1. The van der Waals surface area contributed by atoms with Gasteiger partial charge in [-0.05, 0) is 6.07 Å². The van der Waals surface area contributed by atoms with Crippen molar-refractivity contribution in [1.82, 2.24) is 4.57 Å². The number of methoxy groups -OCH3 is 1. The number of rotatable bonds is 3. The van der Waals surface area contributed by atoms with Crippen LogP contribution in [0.25, 0.3) is 0 Å². The van der Waals surface area contributed by atoms with E-state index in [-0.39, 0.29) is 12.2 Å². The van der Waals surface area contributed by atoms with Gasteiger partial charge in [0.15, 0.2) is 0 Å². The van der Waals surface area contributed by atoms with Crippen LogP contribution in [-0.2, 0) is 6.54 Å². The monoisotopic (exact) mass is 169 g/mol. The Balaban J connectivity index is 2.96. The van der Waals surface area contributed by atoms with Crippen molar-refractivity contribution >= 4 is 0 Å². The van der Waals surface area contributed by atoms with Gasteiger partial charge in [0.05, 0.1) is 13.7 Å². The zero-order valence-corrected chi connectivity index (χ0v) is 6.86. The van der Waals surface area contributed by atoms with Crippen molar-refractivity contribution in [3.05, 3.63) is 28.7 Å². The molecule has 0 bridgehead atoms. The highest BCUT2D eigenvalue weighted by atomic mass is 16.5. The van der Waals surface area contributed by atoms with Crippen LogP contribution in [0.5, 0.6) is 5.75 Å². The first-order valence-electron chi connectivity index (χ1n) is 3.63. The van der Waals surface area contributed by atoms with Gasteiger partial charge in [-0.2, -0.15) is 0 Å². The molecule has 0 aliphatic heterocycles. The van der Waals surface area contributed by atoms with Crippen molar-refractivity contribution in [2.45, 2.75) is 6.54 Å². The predicted octanol–water partition coefficient (Wildman–Crippen LogP) is -0.151. The highest BCUT2D eigenvalue weighted by Gasteiger charge is 1.96. The Labute approximate surface area is 70.0 Å². The third-order valence-electron chi connectivity index (χ3n) is 1.54. The first-order chi connectivity index (χ1) is 5.77. The molecule has 0 saturated carbocycles. The summed E-state index contributed by atoms with van der Waals surface area (Å²) in [5.74, 6) is 0.536. The SMILES string of the molecule is COc1ccn(CCO)c(=O)c1. The topological polar surface area (TPSA) is 51.5 Å². The highest BCUT2D eigenvalue weighted by molar-refractivity contribution is 5.17. The number of hydrogen-bond acceptors (Lipinski definition) is 3. The number of aromatic nitrogens is 1. The molecule has 1 aromatic rings. The van der Waals surface area contributed by atoms with Crippen LogP contribution < -0.4 is 10.3 Å². The van der Waals surface area contributed by atoms with Crippen LogP contribution in [0.3, 0.4) is 0 Å². The summed E-state index contributed by atoms with van der Waals surface area (Å²) in [6.45, 7) is 0.287. The maximum atomic E-state index is 11.2. The van der Waals surface area contributed by atoms with Crippen LogP contribution >= 0.6 is 0 Å². The molecule has 0 spiro atoms. The van der Waals surface area contributed by atoms with E-state index in [0.29, 0.717) is 12.3 Å². The van der Waals surface area contributed by atoms with E-state index in [1.807, 2.05) is 0 Å². The van der Waals surface area contributed by atoms with Gasteiger partial charge < -0.3 is 14.4 Å². The predicted molar refractivity (Wildman–Crippen MR) is 44.3 cm³/mol. The summed E-state index contributed by atoms with van der Waals surface area (Å²) in [4.78, 5) is 11.2. The van der Waals surface area contributed by atoms with E-state index in [0.717, 1.165) is 0 Å². The molecule has 4 nitrogen and oxygen atoms in total. The van der Waals surface area contributed by atoms with Crippen LogP contribution in [0.1, 0.15) is 0 Å². The van der Waals surface area contributed by atoms with Gasteiger partial charge in [-0.1, -0.05) is 0 Å². The molecule has 0 aromatic carbocycles. The summed E-state index contributed by atoms with van der Waals surface area (Å²) in [5, 5.41) is 8.58. The lowest BCUT2D eigenvalue weighted by atomic mass is 10.4. The summed E-state index contributed by atoms with van der Waals surface area (Å²) in [6.07, 6.45) is 1.59. The number of aliphatic hydroxyl groups excluding tert-OH is 1. The van der Waals surface area contributed by atoms with Gasteiger partial charge in [-0.25, -0.2) is 0 Å². The average molecular weight is 169 g/mol. The molecule has 0 amide bonds. The Morgan fingerprint density at radius 1 is 1.67 bits per heavy atom. The Bertz CT molecular complexity index is 305. The minimum atomic E-state index is -0.164. The van der Waals surface area contributed by atoms with Crippen LogP contribution in [0.2, 0.25) is 0 Å². The summed E-state index contributed by atoms with van der Waals surface area (Å²) in [7, 11) is 1.51. The summed E-state index contributed by atoms with van der Waals surface area (Å²) >= 11 is 0. The number of hydrogen-bond donors (Lipinski definition) is 1. The van der Waals surface area contributed by atoms with Crippen molar-refractivity contribution in [2.24, 2.45) is 0 Å². The quantitative estimate of drug-likeness (QED) is 0.684. The third-order valence-corrected chi connectivity index (χ3v) is 1.54. The van der Waals surface area contributed by atoms with E-state index in [1.54, 1.807) is 12.3 Å². The summed E-state index contributed by atoms with van der Waals surface area (Å²) in [6, 6.07) is 3.06. The third kappa shape index (κ3) is 1.85. The Morgan fingerprint density at radius 2 is 2.42 bits per heavy atom. The second-order valence-corrected chi connectivity index (χ2v) is 2.32. The number of ether oxygens (including phenoxy) is 1. The van der Waals surface area contributed by atoms with Gasteiger partial charge >= 0.3 is 0 Å². The average Bonchev–Trinajstić information content (AvgIpc) is 2.09. The molecule has 0 aliphatic rings. The summed E-state index contributed by atoms with van der Waals surface area (Å²) < 4.78 is 6.27. The molecule has 0 atom stereocenters. The van der Waals surface area contributed by atoms with Crippen LogP contribution in [0.4, 0.5) is 0 Å². The van der Waals surface area contributed by atoms with Crippen molar-refractivity contribution < 1.29 is 9.84 Å². The Hall–Kier alpha value is -1.29. The highest BCUT2D eigenvalue weighted by Crippen LogP contribution is 2.02. The molecule has 1 rings (SSSR count). The fourth-order valence-corrected chi connectivity index (χ4v) is 0.909. The van der Waals surface area contributed by atoms with Gasteiger partial charge in [0, 0.05) is 18.8 Å². The maximum Gasteiger partial charge on any atom is 0.254 e. The molecule has 0 unspecified atom stereocenters. The lowest BCUT2D eigenvalue weighted by molar-refractivity contribution is 0.274. The van der Waals surface area contributed by atoms with Crippen molar-refractivity contribution in [1.29, 1.82) is 0 Å². The lowest BCUT2D eigenvalue weighted by Gasteiger charge is -2.03. The molecule has 0 radical (unpaired) electrons. The second-order valence-electron chi connectivity index (χ2n) is 2.32. The fourth-order valence-electron chi connectivity index (χ4n) is 0.909. The molecule has 0 saturated heterocycles. The smallest absolute Gasteiger partial charge is 0.254 e. The zero-order valence-electron chi connectivity index (χ0n) is 6.86. The van der Waals surface area contributed by atoms with Gasteiger partial charge in [0.1, 0.15) is 5.75 Å². The maximum absolute atomic E-state index is 11.2. The van der Waals surface area contributed by atoms with E-state index in [2.05, 4.69) is 0 Å². The van der Waals surface area contributed by atoms with Gasteiger partial charge in [0.25, 0.3) is 5.56 Å². The van der Waals surface area contributed by atoms with E-state index in [9.17, 15) is 4.79 Å². The normalized spacial score (nSPS) is 9.83. The van der Waals surface area contributed by atoms with Gasteiger partial charge in [0.2, 0.25) is 0 Å². The molecule has 12 heavy (non-hydrogen) atoms. The molecule has 1 N–H and O–H groups in total. The molecule has 4 heteroatoms. The van der Waals surface area contributed by atoms with E-state index in [4.69, 9.17) is 9.84 Å². The number of aliphatic hydroxyl groups is 1. The molecular weight excluding hydrogens is 158 g/mol. The molecule has 1 aromatic heterocycles.